The first-order valence-corrected chi connectivity index (χ1v) is 11.0. The molecule has 1 amide bonds. The van der Waals surface area contributed by atoms with Gasteiger partial charge < -0.3 is 9.64 Å². The average molecular weight is 388 g/mol. The molecule has 1 aliphatic heterocycles. The third-order valence-corrected chi connectivity index (χ3v) is 6.55. The van der Waals surface area contributed by atoms with Crippen LogP contribution < -0.4 is 4.74 Å². The number of ether oxygens (including phenoxy) is 1. The molecule has 1 saturated heterocycles. The predicted molar refractivity (Wildman–Crippen MR) is 106 cm³/mol. The van der Waals surface area contributed by atoms with E-state index in [0.717, 1.165) is 16.9 Å². The summed E-state index contributed by atoms with van der Waals surface area (Å²) in [4.78, 5) is 14.8. The summed E-state index contributed by atoms with van der Waals surface area (Å²) < 4.78 is 29.4. The number of rotatable bonds is 6. The summed E-state index contributed by atoms with van der Waals surface area (Å²) >= 11 is 0. The zero-order chi connectivity index (χ0) is 19.4. The lowest BCUT2D eigenvalue weighted by Crippen LogP contribution is -2.40. The number of nitrogens with zero attached hydrogens (tertiary/aromatic N) is 1. The average Bonchev–Trinajstić information content (AvgIpc) is 3.01. The van der Waals surface area contributed by atoms with Gasteiger partial charge in [-0.3, -0.25) is 4.79 Å². The predicted octanol–water partition coefficient (Wildman–Crippen LogP) is 3.22. The standard InChI is InChI=1S/C21H25NO4S/c1-3-26-20-10-6-17(7-11-20)14-22(19-12-13-27(24,25)15-19)21(23)18-8-4-16(2)5-9-18/h4-11,19H,3,12-15H2,1-2H3. The number of carbonyl (C=O) groups is 1. The van der Waals surface area contributed by atoms with E-state index in [1.807, 2.05) is 50.2 Å². The van der Waals surface area contributed by atoms with Gasteiger partial charge in [0, 0.05) is 18.2 Å². The summed E-state index contributed by atoms with van der Waals surface area (Å²) in [6.07, 6.45) is 0.483. The summed E-state index contributed by atoms with van der Waals surface area (Å²) in [7, 11) is -3.08. The fourth-order valence-corrected chi connectivity index (χ4v) is 5.04. The van der Waals surface area contributed by atoms with Gasteiger partial charge in [0.15, 0.2) is 9.84 Å². The first-order valence-electron chi connectivity index (χ1n) is 9.18. The third kappa shape index (κ3) is 4.89. The first-order chi connectivity index (χ1) is 12.9. The summed E-state index contributed by atoms with van der Waals surface area (Å²) in [6.45, 7) is 4.86. The van der Waals surface area contributed by atoms with Gasteiger partial charge >= 0.3 is 0 Å². The van der Waals surface area contributed by atoms with Crippen molar-refractivity contribution in [2.75, 3.05) is 18.1 Å². The molecule has 2 aromatic carbocycles. The van der Waals surface area contributed by atoms with E-state index in [1.54, 1.807) is 17.0 Å². The molecule has 1 aliphatic rings. The highest BCUT2D eigenvalue weighted by atomic mass is 32.2. The lowest BCUT2D eigenvalue weighted by molar-refractivity contribution is 0.0681. The Morgan fingerprint density at radius 1 is 1.11 bits per heavy atom. The molecular weight excluding hydrogens is 362 g/mol. The van der Waals surface area contributed by atoms with Crippen LogP contribution in [0.5, 0.6) is 5.75 Å². The van der Waals surface area contributed by atoms with Crippen LogP contribution in [0.4, 0.5) is 0 Å². The van der Waals surface area contributed by atoms with Crippen LogP contribution in [0.1, 0.15) is 34.8 Å². The fourth-order valence-electron chi connectivity index (χ4n) is 3.30. The molecule has 0 aromatic heterocycles. The van der Waals surface area contributed by atoms with Crippen molar-refractivity contribution in [1.29, 1.82) is 0 Å². The molecule has 6 heteroatoms. The number of sulfone groups is 1. The van der Waals surface area contributed by atoms with E-state index in [9.17, 15) is 13.2 Å². The molecule has 0 radical (unpaired) electrons. The van der Waals surface area contributed by atoms with Crippen LogP contribution >= 0.6 is 0 Å². The molecule has 1 heterocycles. The molecule has 5 nitrogen and oxygen atoms in total. The lowest BCUT2D eigenvalue weighted by atomic mass is 10.1. The van der Waals surface area contributed by atoms with Crippen LogP contribution in [0.2, 0.25) is 0 Å². The Morgan fingerprint density at radius 3 is 2.33 bits per heavy atom. The van der Waals surface area contributed by atoms with Gasteiger partial charge in [-0.2, -0.15) is 0 Å². The van der Waals surface area contributed by atoms with Crippen molar-refractivity contribution < 1.29 is 17.9 Å². The van der Waals surface area contributed by atoms with Crippen molar-refractivity contribution in [2.45, 2.75) is 32.9 Å². The maximum atomic E-state index is 13.1. The van der Waals surface area contributed by atoms with Gasteiger partial charge in [0.2, 0.25) is 0 Å². The lowest BCUT2D eigenvalue weighted by Gasteiger charge is -2.28. The molecule has 0 saturated carbocycles. The van der Waals surface area contributed by atoms with Crippen LogP contribution in [-0.4, -0.2) is 43.4 Å². The monoisotopic (exact) mass is 387 g/mol. The van der Waals surface area contributed by atoms with Gasteiger partial charge in [-0.25, -0.2) is 8.42 Å². The summed E-state index contributed by atoms with van der Waals surface area (Å²) in [6, 6.07) is 14.7. The van der Waals surface area contributed by atoms with E-state index < -0.39 is 9.84 Å². The molecule has 144 valence electrons. The zero-order valence-corrected chi connectivity index (χ0v) is 16.5. The Hall–Kier alpha value is -2.34. The van der Waals surface area contributed by atoms with E-state index in [0.29, 0.717) is 25.1 Å². The fraction of sp³-hybridized carbons (Fsp3) is 0.381. The second-order valence-corrected chi connectivity index (χ2v) is 9.16. The SMILES string of the molecule is CCOc1ccc(CN(C(=O)c2ccc(C)cc2)C2CCS(=O)(=O)C2)cc1. The number of carbonyl (C=O) groups excluding carboxylic acids is 1. The van der Waals surface area contributed by atoms with Crippen molar-refractivity contribution >= 4 is 15.7 Å². The highest BCUT2D eigenvalue weighted by Gasteiger charge is 2.35. The Labute approximate surface area is 160 Å². The molecule has 0 N–H and O–H groups in total. The van der Waals surface area contributed by atoms with Crippen molar-refractivity contribution in [1.82, 2.24) is 4.90 Å². The minimum atomic E-state index is -3.08. The van der Waals surface area contributed by atoms with Gasteiger partial charge in [0.05, 0.1) is 18.1 Å². The largest absolute Gasteiger partial charge is 0.494 e. The minimum Gasteiger partial charge on any atom is -0.494 e. The van der Waals surface area contributed by atoms with Gasteiger partial charge in [-0.1, -0.05) is 29.8 Å². The first kappa shape index (κ1) is 19.4. The van der Waals surface area contributed by atoms with Crippen molar-refractivity contribution in [2.24, 2.45) is 0 Å². The molecule has 1 atom stereocenters. The van der Waals surface area contributed by atoms with Crippen LogP contribution in [0.25, 0.3) is 0 Å². The highest BCUT2D eigenvalue weighted by molar-refractivity contribution is 7.91. The van der Waals surface area contributed by atoms with Crippen LogP contribution in [0.15, 0.2) is 48.5 Å². The second kappa shape index (κ2) is 8.13. The third-order valence-electron chi connectivity index (χ3n) is 4.80. The molecule has 0 bridgehead atoms. The van der Waals surface area contributed by atoms with Crippen molar-refractivity contribution in [3.63, 3.8) is 0 Å². The van der Waals surface area contributed by atoms with E-state index in [-0.39, 0.29) is 23.5 Å². The molecule has 1 unspecified atom stereocenters. The Kier molecular flexibility index (Phi) is 5.85. The number of benzene rings is 2. The second-order valence-electron chi connectivity index (χ2n) is 6.93. The minimum absolute atomic E-state index is 0.0294. The maximum Gasteiger partial charge on any atom is 0.254 e. The van der Waals surface area contributed by atoms with E-state index in [2.05, 4.69) is 0 Å². The summed E-state index contributed by atoms with van der Waals surface area (Å²) in [5.74, 6) is 0.812. The molecule has 0 aliphatic carbocycles. The smallest absolute Gasteiger partial charge is 0.254 e. The molecule has 3 rings (SSSR count). The Balaban J connectivity index is 1.85. The van der Waals surface area contributed by atoms with Crippen molar-refractivity contribution in [3.8, 4) is 5.75 Å². The Morgan fingerprint density at radius 2 is 1.78 bits per heavy atom. The quantitative estimate of drug-likeness (QED) is 0.763. The molecular formula is C21H25NO4S. The van der Waals surface area contributed by atoms with Gasteiger partial charge in [-0.05, 0) is 50.1 Å². The molecule has 27 heavy (non-hydrogen) atoms. The molecule has 0 spiro atoms. The number of aryl methyl sites for hydroxylation is 1. The van der Waals surface area contributed by atoms with Gasteiger partial charge in [-0.15, -0.1) is 0 Å². The highest BCUT2D eigenvalue weighted by Crippen LogP contribution is 2.23. The zero-order valence-electron chi connectivity index (χ0n) is 15.7. The topological polar surface area (TPSA) is 63.7 Å². The normalized spacial score (nSPS) is 18.2. The van der Waals surface area contributed by atoms with E-state index in [4.69, 9.17) is 4.74 Å². The van der Waals surface area contributed by atoms with Gasteiger partial charge in [0.25, 0.3) is 5.91 Å². The number of amides is 1. The summed E-state index contributed by atoms with van der Waals surface area (Å²) in [5, 5.41) is 0. The number of hydrogen-bond donors (Lipinski definition) is 0. The molecule has 1 fully saturated rings. The van der Waals surface area contributed by atoms with Crippen LogP contribution in [-0.2, 0) is 16.4 Å². The van der Waals surface area contributed by atoms with Crippen LogP contribution in [0.3, 0.4) is 0 Å². The van der Waals surface area contributed by atoms with E-state index >= 15 is 0 Å². The maximum absolute atomic E-state index is 13.1. The summed E-state index contributed by atoms with van der Waals surface area (Å²) in [5.41, 5.74) is 2.60. The van der Waals surface area contributed by atoms with Crippen molar-refractivity contribution in [3.05, 3.63) is 65.2 Å². The molecule has 2 aromatic rings. The van der Waals surface area contributed by atoms with E-state index in [1.165, 1.54) is 0 Å². The number of hydrogen-bond acceptors (Lipinski definition) is 4. The Bertz CT molecular complexity index is 889. The van der Waals surface area contributed by atoms with Gasteiger partial charge in [0.1, 0.15) is 5.75 Å². The van der Waals surface area contributed by atoms with Crippen LogP contribution in [0, 0.1) is 6.92 Å².